The largest absolute Gasteiger partial charge is 0.384 e. The summed E-state index contributed by atoms with van der Waals surface area (Å²) in [7, 11) is 0. The highest BCUT2D eigenvalue weighted by Crippen LogP contribution is 2.36. The van der Waals surface area contributed by atoms with Crippen LogP contribution in [-0.2, 0) is 16.4 Å². The maximum Gasteiger partial charge on any atom is 0.127 e. The van der Waals surface area contributed by atoms with Gasteiger partial charge >= 0.3 is 0 Å². The molecule has 0 aromatic carbocycles. The molecule has 1 heterocycles. The zero-order valence-electron chi connectivity index (χ0n) is 13.5. The van der Waals surface area contributed by atoms with Crippen LogP contribution < -0.4 is 5.73 Å². The first-order chi connectivity index (χ1) is 7.76. The van der Waals surface area contributed by atoms with Gasteiger partial charge in [0.1, 0.15) is 11.6 Å². The molecule has 104 valence electrons. The molecule has 0 unspecified atom stereocenters. The summed E-state index contributed by atoms with van der Waals surface area (Å²) >= 11 is 0. The Kier molecular flexibility index (Phi) is 3.35. The Hall–Kier alpha value is -0.990. The van der Waals surface area contributed by atoms with Crippen molar-refractivity contribution in [3.8, 4) is 0 Å². The van der Waals surface area contributed by atoms with Crippen LogP contribution >= 0.6 is 0 Å². The van der Waals surface area contributed by atoms with Crippen LogP contribution in [0.1, 0.15) is 73.8 Å². The van der Waals surface area contributed by atoms with E-state index in [1.54, 1.807) is 0 Å². The highest BCUT2D eigenvalue weighted by Gasteiger charge is 2.33. The van der Waals surface area contributed by atoms with Gasteiger partial charge in [-0.05, 0) is 20.8 Å². The van der Waals surface area contributed by atoms with Gasteiger partial charge in [0.25, 0.3) is 0 Å². The minimum Gasteiger partial charge on any atom is -0.384 e. The summed E-state index contributed by atoms with van der Waals surface area (Å²) in [5.41, 5.74) is 7.29. The van der Waals surface area contributed by atoms with E-state index in [1.165, 1.54) is 0 Å². The van der Waals surface area contributed by atoms with Gasteiger partial charge in [-0.15, -0.1) is 0 Å². The number of rotatable bonds is 0. The molecule has 0 saturated carbocycles. The maximum absolute atomic E-state index is 6.37. The third-order valence-corrected chi connectivity index (χ3v) is 2.97. The quantitative estimate of drug-likeness (QED) is 0.762. The molecule has 0 spiro atoms. The average molecular weight is 251 g/mol. The Morgan fingerprint density at radius 3 is 1.50 bits per heavy atom. The standard InChI is InChI=1S/C15H29N3/c1-13(2,3)10-11(16)18(15(7,8)9)12(17-10)14(4,5)6/h16H2,1-9H3. The summed E-state index contributed by atoms with van der Waals surface area (Å²) in [4.78, 5) is 4.86. The van der Waals surface area contributed by atoms with Gasteiger partial charge in [0.2, 0.25) is 0 Å². The van der Waals surface area contributed by atoms with E-state index in [1.807, 2.05) is 0 Å². The Morgan fingerprint density at radius 1 is 0.833 bits per heavy atom. The molecular formula is C15H29N3. The second-order valence-electron chi connectivity index (χ2n) is 8.18. The van der Waals surface area contributed by atoms with Crippen molar-refractivity contribution >= 4 is 5.82 Å². The number of anilines is 1. The maximum atomic E-state index is 6.37. The molecule has 0 atom stereocenters. The fourth-order valence-corrected chi connectivity index (χ4v) is 2.17. The van der Waals surface area contributed by atoms with Crippen molar-refractivity contribution in [3.63, 3.8) is 0 Å². The second kappa shape index (κ2) is 4.01. The molecule has 18 heavy (non-hydrogen) atoms. The topological polar surface area (TPSA) is 43.8 Å². The number of imidazole rings is 1. The molecule has 3 nitrogen and oxygen atoms in total. The molecule has 1 aromatic heterocycles. The molecule has 0 aliphatic rings. The zero-order chi connectivity index (χ0) is 14.5. The van der Waals surface area contributed by atoms with E-state index in [0.29, 0.717) is 0 Å². The van der Waals surface area contributed by atoms with Crippen molar-refractivity contribution in [2.24, 2.45) is 0 Å². The third kappa shape index (κ3) is 2.70. The fourth-order valence-electron chi connectivity index (χ4n) is 2.17. The van der Waals surface area contributed by atoms with E-state index in [2.05, 4.69) is 66.9 Å². The van der Waals surface area contributed by atoms with Gasteiger partial charge in [-0.1, -0.05) is 41.5 Å². The van der Waals surface area contributed by atoms with E-state index in [-0.39, 0.29) is 16.4 Å². The second-order valence-corrected chi connectivity index (χ2v) is 8.18. The Morgan fingerprint density at radius 2 is 1.28 bits per heavy atom. The fraction of sp³-hybridized carbons (Fsp3) is 0.800. The first-order valence-corrected chi connectivity index (χ1v) is 6.66. The SMILES string of the molecule is CC(C)(C)c1nc(C(C)(C)C)n(C(C)(C)C)c1N. The first-order valence-electron chi connectivity index (χ1n) is 6.66. The van der Waals surface area contributed by atoms with Crippen molar-refractivity contribution in [3.05, 3.63) is 11.5 Å². The van der Waals surface area contributed by atoms with Crippen LogP contribution in [0.3, 0.4) is 0 Å². The summed E-state index contributed by atoms with van der Waals surface area (Å²) in [5, 5.41) is 0. The smallest absolute Gasteiger partial charge is 0.127 e. The van der Waals surface area contributed by atoms with E-state index in [9.17, 15) is 0 Å². The molecule has 0 radical (unpaired) electrons. The lowest BCUT2D eigenvalue weighted by atomic mass is 9.92. The molecule has 0 fully saturated rings. The predicted molar refractivity (Wildman–Crippen MR) is 79.0 cm³/mol. The van der Waals surface area contributed by atoms with Crippen molar-refractivity contribution < 1.29 is 0 Å². The van der Waals surface area contributed by atoms with Crippen molar-refractivity contribution in [2.75, 3.05) is 5.73 Å². The minimum atomic E-state index is -0.0524. The van der Waals surface area contributed by atoms with Gasteiger partial charge in [0.15, 0.2) is 0 Å². The Balaban J connectivity index is 3.63. The summed E-state index contributed by atoms with van der Waals surface area (Å²) in [5.74, 6) is 1.87. The molecular weight excluding hydrogens is 222 g/mol. The number of aromatic nitrogens is 2. The van der Waals surface area contributed by atoms with Crippen LogP contribution in [0.5, 0.6) is 0 Å². The molecule has 1 rings (SSSR count). The summed E-state index contributed by atoms with van der Waals surface area (Å²) in [6, 6.07) is 0. The van der Waals surface area contributed by atoms with Crippen molar-refractivity contribution in [1.29, 1.82) is 0 Å². The van der Waals surface area contributed by atoms with Crippen LogP contribution in [0, 0.1) is 0 Å². The lowest BCUT2D eigenvalue weighted by molar-refractivity contribution is 0.359. The van der Waals surface area contributed by atoms with Gasteiger partial charge in [0, 0.05) is 16.4 Å². The molecule has 2 N–H and O–H groups in total. The van der Waals surface area contributed by atoms with Crippen LogP contribution in [-0.4, -0.2) is 9.55 Å². The number of nitrogens with two attached hydrogens (primary N) is 1. The summed E-state index contributed by atoms with van der Waals surface area (Å²) < 4.78 is 2.19. The highest BCUT2D eigenvalue weighted by atomic mass is 15.2. The number of nitrogen functional groups attached to an aromatic ring is 1. The molecule has 0 bridgehead atoms. The monoisotopic (exact) mass is 251 g/mol. The molecule has 3 heteroatoms. The Bertz CT molecular complexity index is 434. The number of hydrogen-bond acceptors (Lipinski definition) is 2. The van der Waals surface area contributed by atoms with Crippen molar-refractivity contribution in [1.82, 2.24) is 9.55 Å². The van der Waals surface area contributed by atoms with Crippen LogP contribution in [0.15, 0.2) is 0 Å². The van der Waals surface area contributed by atoms with Gasteiger partial charge in [0.05, 0.1) is 5.69 Å². The van der Waals surface area contributed by atoms with E-state index < -0.39 is 0 Å². The Labute approximate surface area is 112 Å². The third-order valence-electron chi connectivity index (χ3n) is 2.97. The zero-order valence-corrected chi connectivity index (χ0v) is 13.5. The lowest BCUT2D eigenvalue weighted by Gasteiger charge is -2.30. The minimum absolute atomic E-state index is 0.00903. The van der Waals surface area contributed by atoms with E-state index in [4.69, 9.17) is 10.7 Å². The summed E-state index contributed by atoms with van der Waals surface area (Å²) in [6.07, 6.45) is 0. The van der Waals surface area contributed by atoms with Crippen molar-refractivity contribution in [2.45, 2.75) is 78.7 Å². The lowest BCUT2D eigenvalue weighted by Crippen LogP contribution is -2.30. The number of hydrogen-bond donors (Lipinski definition) is 1. The number of nitrogens with zero attached hydrogens (tertiary/aromatic N) is 2. The summed E-state index contributed by atoms with van der Waals surface area (Å²) in [6.45, 7) is 19.5. The van der Waals surface area contributed by atoms with Crippen LogP contribution in [0.25, 0.3) is 0 Å². The molecule has 0 amide bonds. The van der Waals surface area contributed by atoms with Crippen LogP contribution in [0.4, 0.5) is 5.82 Å². The predicted octanol–water partition coefficient (Wildman–Crippen LogP) is 3.82. The van der Waals surface area contributed by atoms with Gasteiger partial charge < -0.3 is 10.3 Å². The molecule has 0 aliphatic carbocycles. The normalized spacial score (nSPS) is 14.1. The highest BCUT2D eigenvalue weighted by molar-refractivity contribution is 5.44. The molecule has 1 aromatic rings. The molecule has 0 aliphatic heterocycles. The molecule has 0 saturated heterocycles. The van der Waals surface area contributed by atoms with Gasteiger partial charge in [-0.2, -0.15) is 0 Å². The average Bonchev–Trinajstić information content (AvgIpc) is 2.39. The first kappa shape index (κ1) is 15.1. The van der Waals surface area contributed by atoms with E-state index >= 15 is 0 Å². The van der Waals surface area contributed by atoms with Gasteiger partial charge in [-0.3, -0.25) is 0 Å². The van der Waals surface area contributed by atoms with Crippen LogP contribution in [0.2, 0.25) is 0 Å². The van der Waals surface area contributed by atoms with Gasteiger partial charge in [-0.25, -0.2) is 4.98 Å². The van der Waals surface area contributed by atoms with E-state index in [0.717, 1.165) is 17.3 Å².